The lowest BCUT2D eigenvalue weighted by Crippen LogP contribution is -2.34. The van der Waals surface area contributed by atoms with Gasteiger partial charge >= 0.3 is 5.97 Å². The predicted octanol–water partition coefficient (Wildman–Crippen LogP) is 1.14. The molecule has 0 spiro atoms. The molecule has 1 unspecified atom stereocenters. The summed E-state index contributed by atoms with van der Waals surface area (Å²) in [7, 11) is 0. The van der Waals surface area contributed by atoms with E-state index in [-0.39, 0.29) is 18.4 Å². The number of carboxylic acids is 1. The van der Waals surface area contributed by atoms with Gasteiger partial charge in [0.15, 0.2) is 0 Å². The molecule has 1 atom stereocenters. The highest BCUT2D eigenvalue weighted by atomic mass is 16.4. The van der Waals surface area contributed by atoms with Crippen LogP contribution < -0.4 is 10.6 Å². The summed E-state index contributed by atoms with van der Waals surface area (Å²) in [6.45, 7) is 3.97. The Labute approximate surface area is 108 Å². The van der Waals surface area contributed by atoms with Crippen LogP contribution in [0.5, 0.6) is 0 Å². The summed E-state index contributed by atoms with van der Waals surface area (Å²) in [6, 6.07) is -0.0541. The Morgan fingerprint density at radius 3 is 2.61 bits per heavy atom. The monoisotopic (exact) mass is 256 g/mol. The van der Waals surface area contributed by atoms with E-state index in [1.165, 1.54) is 0 Å². The Kier molecular flexibility index (Phi) is 6.72. The lowest BCUT2D eigenvalue weighted by atomic mass is 9.93. The maximum absolute atomic E-state index is 11.7. The lowest BCUT2D eigenvalue weighted by molar-refractivity contribution is -0.137. The van der Waals surface area contributed by atoms with Gasteiger partial charge in [-0.3, -0.25) is 9.59 Å². The Morgan fingerprint density at radius 1 is 1.33 bits per heavy atom. The van der Waals surface area contributed by atoms with E-state index in [0.29, 0.717) is 18.8 Å². The van der Waals surface area contributed by atoms with Gasteiger partial charge in [0.25, 0.3) is 0 Å². The lowest BCUT2D eigenvalue weighted by Gasteiger charge is -2.22. The second-order valence-corrected chi connectivity index (χ2v) is 5.13. The molecule has 1 amide bonds. The van der Waals surface area contributed by atoms with E-state index in [4.69, 9.17) is 5.11 Å². The van der Waals surface area contributed by atoms with Crippen LogP contribution in [0.4, 0.5) is 0 Å². The van der Waals surface area contributed by atoms with Gasteiger partial charge in [-0.25, -0.2) is 0 Å². The number of hydrogen-bond donors (Lipinski definition) is 3. The van der Waals surface area contributed by atoms with Gasteiger partial charge in [-0.2, -0.15) is 0 Å². The van der Waals surface area contributed by atoms with Crippen molar-refractivity contribution in [3.05, 3.63) is 0 Å². The summed E-state index contributed by atoms with van der Waals surface area (Å²) in [6.07, 6.45) is 4.41. The first kappa shape index (κ1) is 15.0. The van der Waals surface area contributed by atoms with Crippen LogP contribution in [-0.2, 0) is 9.59 Å². The van der Waals surface area contributed by atoms with Crippen LogP contribution >= 0.6 is 0 Å². The van der Waals surface area contributed by atoms with E-state index in [9.17, 15) is 9.59 Å². The van der Waals surface area contributed by atoms with Crippen LogP contribution in [0.1, 0.15) is 45.4 Å². The van der Waals surface area contributed by atoms with Crippen molar-refractivity contribution in [2.45, 2.75) is 51.5 Å². The predicted molar refractivity (Wildman–Crippen MR) is 69.3 cm³/mol. The Morgan fingerprint density at radius 2 is 2.00 bits per heavy atom. The maximum Gasteiger partial charge on any atom is 0.303 e. The molecule has 18 heavy (non-hydrogen) atoms. The average molecular weight is 256 g/mol. The van der Waals surface area contributed by atoms with Gasteiger partial charge in [-0.15, -0.1) is 0 Å². The molecule has 0 bridgehead atoms. The molecule has 1 fully saturated rings. The molecule has 0 saturated carbocycles. The molecule has 104 valence electrons. The van der Waals surface area contributed by atoms with Gasteiger partial charge in [0.1, 0.15) is 0 Å². The maximum atomic E-state index is 11.7. The summed E-state index contributed by atoms with van der Waals surface area (Å²) < 4.78 is 0. The molecule has 1 rings (SSSR count). The van der Waals surface area contributed by atoms with Crippen molar-refractivity contribution in [2.24, 2.45) is 5.92 Å². The first-order valence-electron chi connectivity index (χ1n) is 6.80. The van der Waals surface area contributed by atoms with Crippen LogP contribution in [0.3, 0.4) is 0 Å². The quantitative estimate of drug-likeness (QED) is 0.638. The van der Waals surface area contributed by atoms with Crippen LogP contribution in [0.25, 0.3) is 0 Å². The Bertz CT molecular complexity index is 275. The van der Waals surface area contributed by atoms with E-state index in [1.54, 1.807) is 0 Å². The molecular weight excluding hydrogens is 232 g/mol. The van der Waals surface area contributed by atoms with Gasteiger partial charge in [0.2, 0.25) is 5.91 Å². The minimum atomic E-state index is -0.814. The normalized spacial score (nSPS) is 18.3. The van der Waals surface area contributed by atoms with Gasteiger partial charge in [-0.05, 0) is 51.6 Å². The molecule has 0 radical (unpaired) electrons. The van der Waals surface area contributed by atoms with Gasteiger partial charge in [-0.1, -0.05) is 0 Å². The molecule has 0 aromatic heterocycles. The molecule has 5 nitrogen and oxygen atoms in total. The third kappa shape index (κ3) is 6.59. The number of rotatable bonds is 7. The molecule has 1 saturated heterocycles. The molecule has 1 aliphatic heterocycles. The molecule has 0 aliphatic carbocycles. The average Bonchev–Trinajstić information content (AvgIpc) is 2.35. The van der Waals surface area contributed by atoms with E-state index in [2.05, 4.69) is 10.6 Å². The third-order valence-corrected chi connectivity index (χ3v) is 3.44. The van der Waals surface area contributed by atoms with Crippen LogP contribution in [0.15, 0.2) is 0 Å². The number of carbonyl (C=O) groups excluding carboxylic acids is 1. The Balaban J connectivity index is 2.10. The minimum absolute atomic E-state index is 0.0476. The highest BCUT2D eigenvalue weighted by Gasteiger charge is 2.15. The zero-order valence-corrected chi connectivity index (χ0v) is 11.1. The fourth-order valence-electron chi connectivity index (χ4n) is 2.26. The SMILES string of the molecule is CC(CCC(=O)O)NC(=O)CCC1CCNCC1. The van der Waals surface area contributed by atoms with Crippen molar-refractivity contribution in [1.29, 1.82) is 0 Å². The largest absolute Gasteiger partial charge is 0.481 e. The standard InChI is InChI=1S/C13H24N2O3/c1-10(2-5-13(17)18)15-12(16)4-3-11-6-8-14-9-7-11/h10-11,14H,2-9H2,1H3,(H,15,16)(H,17,18). The molecular formula is C13H24N2O3. The van der Waals surface area contributed by atoms with Crippen molar-refractivity contribution in [3.8, 4) is 0 Å². The van der Waals surface area contributed by atoms with Crippen molar-refractivity contribution in [1.82, 2.24) is 10.6 Å². The fourth-order valence-corrected chi connectivity index (χ4v) is 2.26. The van der Waals surface area contributed by atoms with E-state index >= 15 is 0 Å². The van der Waals surface area contributed by atoms with Gasteiger partial charge < -0.3 is 15.7 Å². The number of aliphatic carboxylic acids is 1. The summed E-state index contributed by atoms with van der Waals surface area (Å²) in [5, 5.41) is 14.7. The molecule has 1 aliphatic rings. The summed E-state index contributed by atoms with van der Waals surface area (Å²) in [5.74, 6) is -0.108. The topological polar surface area (TPSA) is 78.4 Å². The van der Waals surface area contributed by atoms with Crippen molar-refractivity contribution in [2.75, 3.05) is 13.1 Å². The number of carbonyl (C=O) groups is 2. The van der Waals surface area contributed by atoms with Crippen molar-refractivity contribution in [3.63, 3.8) is 0 Å². The summed E-state index contributed by atoms with van der Waals surface area (Å²) >= 11 is 0. The number of amides is 1. The molecule has 5 heteroatoms. The zero-order valence-electron chi connectivity index (χ0n) is 11.1. The number of hydrogen-bond acceptors (Lipinski definition) is 3. The van der Waals surface area contributed by atoms with E-state index in [0.717, 1.165) is 32.4 Å². The van der Waals surface area contributed by atoms with Crippen LogP contribution in [0, 0.1) is 5.92 Å². The zero-order chi connectivity index (χ0) is 13.4. The van der Waals surface area contributed by atoms with Crippen LogP contribution in [-0.4, -0.2) is 36.1 Å². The number of carboxylic acid groups (broad SMARTS) is 1. The smallest absolute Gasteiger partial charge is 0.303 e. The Hall–Kier alpha value is -1.10. The molecule has 3 N–H and O–H groups in total. The fraction of sp³-hybridized carbons (Fsp3) is 0.846. The second-order valence-electron chi connectivity index (χ2n) is 5.13. The summed E-state index contributed by atoms with van der Waals surface area (Å²) in [4.78, 5) is 22.1. The first-order valence-corrected chi connectivity index (χ1v) is 6.80. The van der Waals surface area contributed by atoms with Crippen molar-refractivity contribution < 1.29 is 14.7 Å². The third-order valence-electron chi connectivity index (χ3n) is 3.44. The van der Waals surface area contributed by atoms with Gasteiger partial charge in [0, 0.05) is 18.9 Å². The van der Waals surface area contributed by atoms with Crippen molar-refractivity contribution >= 4 is 11.9 Å². The molecule has 1 heterocycles. The first-order chi connectivity index (χ1) is 8.58. The molecule has 0 aromatic carbocycles. The highest BCUT2D eigenvalue weighted by Crippen LogP contribution is 2.17. The van der Waals surface area contributed by atoms with Gasteiger partial charge in [0.05, 0.1) is 0 Å². The van der Waals surface area contributed by atoms with E-state index < -0.39 is 5.97 Å². The second kappa shape index (κ2) is 8.08. The number of nitrogens with one attached hydrogen (secondary N) is 2. The highest BCUT2D eigenvalue weighted by molar-refractivity contribution is 5.76. The number of piperidine rings is 1. The minimum Gasteiger partial charge on any atom is -0.481 e. The molecule has 0 aromatic rings. The van der Waals surface area contributed by atoms with E-state index in [1.807, 2.05) is 6.92 Å². The van der Waals surface area contributed by atoms with Crippen LogP contribution in [0.2, 0.25) is 0 Å². The summed E-state index contributed by atoms with van der Waals surface area (Å²) in [5.41, 5.74) is 0.